The molecular weight excluding hydrogens is 250 g/mol. The van der Waals surface area contributed by atoms with Crippen LogP contribution in [0.25, 0.3) is 0 Å². The third kappa shape index (κ3) is 2.98. The van der Waals surface area contributed by atoms with Crippen LogP contribution in [0.15, 0.2) is 0 Å². The molecule has 102 valence electrons. The third-order valence-corrected chi connectivity index (χ3v) is 4.75. The van der Waals surface area contributed by atoms with Crippen molar-refractivity contribution in [3.63, 3.8) is 0 Å². The molecule has 0 saturated carbocycles. The lowest BCUT2D eigenvalue weighted by Crippen LogP contribution is -2.60. The first kappa shape index (κ1) is 13.7. The Bertz CT molecular complexity index is 318. The quantitative estimate of drug-likeness (QED) is 0.747. The van der Waals surface area contributed by atoms with E-state index in [4.69, 9.17) is 0 Å². The maximum Gasteiger partial charge on any atom is 0.244 e. The highest BCUT2D eigenvalue weighted by Gasteiger charge is 2.36. The molecule has 0 aromatic rings. The number of nitrogens with one attached hydrogen (secondary N) is 2. The Morgan fingerprint density at radius 1 is 1.50 bits per heavy atom. The van der Waals surface area contributed by atoms with Crippen molar-refractivity contribution in [3.05, 3.63) is 0 Å². The van der Waals surface area contributed by atoms with Crippen molar-refractivity contribution < 1.29 is 9.59 Å². The standard InChI is InChI=1S/C12H21N3O2S/c1-2-14-11(16)9-8-13-5-6-15(9)12(17)10-4-3-7-18-10/h9-10,13H,2-8H2,1H3,(H,14,16). The second kappa shape index (κ2) is 6.43. The largest absolute Gasteiger partial charge is 0.355 e. The molecule has 0 aromatic carbocycles. The summed E-state index contributed by atoms with van der Waals surface area (Å²) in [6, 6.07) is -0.340. The lowest BCUT2D eigenvalue weighted by Gasteiger charge is -2.36. The molecule has 6 heteroatoms. The highest BCUT2D eigenvalue weighted by molar-refractivity contribution is 8.00. The number of carbonyl (C=O) groups excluding carboxylic acids is 2. The molecule has 0 radical (unpaired) electrons. The summed E-state index contributed by atoms with van der Waals surface area (Å²) >= 11 is 1.73. The number of likely N-dealkylation sites (N-methyl/N-ethyl adjacent to an activating group) is 1. The van der Waals surface area contributed by atoms with Gasteiger partial charge in [-0.15, -0.1) is 11.8 Å². The average molecular weight is 271 g/mol. The van der Waals surface area contributed by atoms with E-state index in [0.717, 1.165) is 25.1 Å². The summed E-state index contributed by atoms with van der Waals surface area (Å²) in [5, 5.41) is 6.07. The highest BCUT2D eigenvalue weighted by atomic mass is 32.2. The molecule has 2 fully saturated rings. The van der Waals surface area contributed by atoms with Crippen LogP contribution in [0.2, 0.25) is 0 Å². The van der Waals surface area contributed by atoms with Crippen molar-refractivity contribution >= 4 is 23.6 Å². The van der Waals surface area contributed by atoms with Crippen LogP contribution in [0.1, 0.15) is 19.8 Å². The fraction of sp³-hybridized carbons (Fsp3) is 0.833. The van der Waals surface area contributed by atoms with Crippen LogP contribution in [0, 0.1) is 0 Å². The van der Waals surface area contributed by atoms with Gasteiger partial charge in [0.15, 0.2) is 0 Å². The van der Waals surface area contributed by atoms with Gasteiger partial charge in [-0.3, -0.25) is 9.59 Å². The van der Waals surface area contributed by atoms with Gasteiger partial charge < -0.3 is 15.5 Å². The SMILES string of the molecule is CCNC(=O)C1CNCCN1C(=O)C1CCCS1. The summed E-state index contributed by atoms with van der Waals surface area (Å²) in [6.07, 6.45) is 2.06. The van der Waals surface area contributed by atoms with Gasteiger partial charge in [0, 0.05) is 26.2 Å². The first-order valence-corrected chi connectivity index (χ1v) is 7.69. The van der Waals surface area contributed by atoms with Crippen molar-refractivity contribution in [2.75, 3.05) is 31.9 Å². The van der Waals surface area contributed by atoms with Gasteiger partial charge in [-0.05, 0) is 25.5 Å². The summed E-state index contributed by atoms with van der Waals surface area (Å²) in [6.45, 7) is 4.48. The minimum Gasteiger partial charge on any atom is -0.355 e. The van der Waals surface area contributed by atoms with Crippen molar-refractivity contribution in [1.82, 2.24) is 15.5 Å². The van der Waals surface area contributed by atoms with E-state index in [-0.39, 0.29) is 23.1 Å². The molecule has 5 nitrogen and oxygen atoms in total. The maximum absolute atomic E-state index is 12.4. The fourth-order valence-electron chi connectivity index (χ4n) is 2.45. The molecular formula is C12H21N3O2S. The molecule has 2 saturated heterocycles. The topological polar surface area (TPSA) is 61.4 Å². The van der Waals surface area contributed by atoms with Crippen molar-refractivity contribution in [2.24, 2.45) is 0 Å². The Balaban J connectivity index is 2.02. The van der Waals surface area contributed by atoms with Crippen LogP contribution in [-0.2, 0) is 9.59 Å². The molecule has 2 aliphatic heterocycles. The molecule has 2 N–H and O–H groups in total. The first-order valence-electron chi connectivity index (χ1n) is 6.64. The van der Waals surface area contributed by atoms with Crippen LogP contribution >= 0.6 is 11.8 Å². The molecule has 2 atom stereocenters. The molecule has 2 rings (SSSR count). The van der Waals surface area contributed by atoms with Gasteiger partial charge >= 0.3 is 0 Å². The average Bonchev–Trinajstić information content (AvgIpc) is 2.92. The van der Waals surface area contributed by atoms with Gasteiger partial charge in [0.25, 0.3) is 0 Å². The monoisotopic (exact) mass is 271 g/mol. The second-order valence-corrected chi connectivity index (χ2v) is 5.96. The lowest BCUT2D eigenvalue weighted by molar-refractivity contribution is -0.141. The number of amides is 2. The highest BCUT2D eigenvalue weighted by Crippen LogP contribution is 2.28. The minimum atomic E-state index is -0.340. The van der Waals surface area contributed by atoms with E-state index in [1.54, 1.807) is 16.7 Å². The van der Waals surface area contributed by atoms with Crippen molar-refractivity contribution in [1.29, 1.82) is 0 Å². The molecule has 2 heterocycles. The number of piperazine rings is 1. The fourth-order valence-corrected chi connectivity index (χ4v) is 3.68. The summed E-state index contributed by atoms with van der Waals surface area (Å²) in [7, 11) is 0. The Morgan fingerprint density at radius 3 is 3.00 bits per heavy atom. The van der Waals surface area contributed by atoms with Crippen LogP contribution in [-0.4, -0.2) is 59.9 Å². The summed E-state index contributed by atoms with van der Waals surface area (Å²) in [5.41, 5.74) is 0. The van der Waals surface area contributed by atoms with E-state index in [1.165, 1.54) is 0 Å². The molecule has 2 amide bonds. The van der Waals surface area contributed by atoms with Gasteiger partial charge in [-0.1, -0.05) is 0 Å². The molecule has 2 unspecified atom stereocenters. The predicted molar refractivity (Wildman–Crippen MR) is 72.5 cm³/mol. The Hall–Kier alpha value is -0.750. The van der Waals surface area contributed by atoms with Crippen molar-refractivity contribution in [3.8, 4) is 0 Å². The summed E-state index contributed by atoms with van der Waals surface area (Å²) < 4.78 is 0. The lowest BCUT2D eigenvalue weighted by atomic mass is 10.1. The van der Waals surface area contributed by atoms with E-state index in [0.29, 0.717) is 19.6 Å². The van der Waals surface area contributed by atoms with Gasteiger partial charge in [-0.2, -0.15) is 0 Å². The van der Waals surface area contributed by atoms with E-state index in [9.17, 15) is 9.59 Å². The number of hydrogen-bond donors (Lipinski definition) is 2. The van der Waals surface area contributed by atoms with Crippen LogP contribution in [0.5, 0.6) is 0 Å². The minimum absolute atomic E-state index is 0.0407. The zero-order valence-electron chi connectivity index (χ0n) is 10.8. The normalized spacial score (nSPS) is 28.2. The number of rotatable bonds is 3. The van der Waals surface area contributed by atoms with E-state index in [2.05, 4.69) is 10.6 Å². The second-order valence-electron chi connectivity index (χ2n) is 4.65. The zero-order chi connectivity index (χ0) is 13.0. The summed E-state index contributed by atoms with van der Waals surface area (Å²) in [4.78, 5) is 26.2. The van der Waals surface area contributed by atoms with E-state index in [1.807, 2.05) is 6.92 Å². The molecule has 0 bridgehead atoms. The Labute approximate surface area is 112 Å². The Kier molecular flexibility index (Phi) is 4.88. The van der Waals surface area contributed by atoms with Gasteiger partial charge in [0.2, 0.25) is 11.8 Å². The van der Waals surface area contributed by atoms with Gasteiger partial charge in [0.1, 0.15) is 6.04 Å². The number of hydrogen-bond acceptors (Lipinski definition) is 4. The van der Waals surface area contributed by atoms with Crippen LogP contribution < -0.4 is 10.6 Å². The first-order chi connectivity index (χ1) is 8.74. The number of thioether (sulfide) groups is 1. The van der Waals surface area contributed by atoms with Crippen LogP contribution in [0.3, 0.4) is 0 Å². The summed E-state index contributed by atoms with van der Waals surface area (Å²) in [5.74, 6) is 1.17. The molecule has 2 aliphatic rings. The molecule has 0 aromatic heterocycles. The predicted octanol–water partition coefficient (Wildman–Crippen LogP) is -0.181. The zero-order valence-corrected chi connectivity index (χ0v) is 11.6. The Morgan fingerprint density at radius 2 is 2.33 bits per heavy atom. The van der Waals surface area contributed by atoms with E-state index < -0.39 is 0 Å². The molecule has 0 spiro atoms. The number of nitrogens with zero attached hydrogens (tertiary/aromatic N) is 1. The van der Waals surface area contributed by atoms with Gasteiger partial charge in [0.05, 0.1) is 5.25 Å². The third-order valence-electron chi connectivity index (χ3n) is 3.39. The maximum atomic E-state index is 12.4. The van der Waals surface area contributed by atoms with Crippen molar-refractivity contribution in [2.45, 2.75) is 31.1 Å². The molecule has 0 aliphatic carbocycles. The van der Waals surface area contributed by atoms with Crippen LogP contribution in [0.4, 0.5) is 0 Å². The molecule has 18 heavy (non-hydrogen) atoms. The number of carbonyl (C=O) groups is 2. The van der Waals surface area contributed by atoms with E-state index >= 15 is 0 Å². The smallest absolute Gasteiger partial charge is 0.244 e. The van der Waals surface area contributed by atoms with Gasteiger partial charge in [-0.25, -0.2) is 0 Å².